The Balaban J connectivity index is 2.49. The van der Waals surface area contributed by atoms with Crippen molar-refractivity contribution in [2.24, 2.45) is 17.1 Å². The number of nitrogens with zero attached hydrogens (tertiary/aromatic N) is 1. The van der Waals surface area contributed by atoms with Crippen molar-refractivity contribution in [3.63, 3.8) is 0 Å². The van der Waals surface area contributed by atoms with Crippen molar-refractivity contribution in [2.45, 2.75) is 136 Å². The molecule has 2 aromatic rings. The predicted octanol–water partition coefficient (Wildman–Crippen LogP) is 0.861. The maximum atomic E-state index is 14.5. The second-order valence-electron chi connectivity index (χ2n) is 18.3. The van der Waals surface area contributed by atoms with Crippen molar-refractivity contribution in [3.05, 3.63) is 71.3 Å². The molecule has 0 aliphatic carbocycles. The Morgan fingerprint density at radius 3 is 1.82 bits per heavy atom. The molecule has 19 nitrogen and oxygen atoms in total. The first-order chi connectivity index (χ1) is 31.5. The molecule has 0 heterocycles. The Kier molecular flexibility index (Phi) is 23.9. The number of primary amides is 1. The van der Waals surface area contributed by atoms with Gasteiger partial charge in [-0.3, -0.25) is 43.2 Å². The Morgan fingerprint density at radius 1 is 0.701 bits per heavy atom. The molecule has 9 N–H and O–H groups in total. The van der Waals surface area contributed by atoms with Crippen molar-refractivity contribution in [3.8, 4) is 0 Å². The summed E-state index contributed by atoms with van der Waals surface area (Å²) in [7, 11) is 3.06. The van der Waals surface area contributed by atoms with Crippen LogP contribution in [0.4, 0.5) is 0 Å². The number of nitrogens with two attached hydrogens (primary N) is 1. The van der Waals surface area contributed by atoms with E-state index in [1.165, 1.54) is 19.0 Å². The van der Waals surface area contributed by atoms with Crippen LogP contribution in [-0.4, -0.2) is 127 Å². The van der Waals surface area contributed by atoms with Crippen LogP contribution in [0, 0.1) is 18.3 Å². The van der Waals surface area contributed by atoms with Gasteiger partial charge >= 0.3 is 0 Å². The summed E-state index contributed by atoms with van der Waals surface area (Å²) in [5.74, 6) is -7.36. The number of aryl methyl sites for hydroxylation is 1. The molecule has 370 valence electrons. The first-order valence-electron chi connectivity index (χ1n) is 22.6. The van der Waals surface area contributed by atoms with Gasteiger partial charge in [0.25, 0.3) is 5.91 Å². The van der Waals surface area contributed by atoms with Crippen molar-refractivity contribution < 1.29 is 53.0 Å². The molecular formula is C48H72N8O11. The van der Waals surface area contributed by atoms with E-state index in [2.05, 4.69) is 31.9 Å². The molecule has 19 heteroatoms. The van der Waals surface area contributed by atoms with Crippen LogP contribution in [0.5, 0.6) is 0 Å². The van der Waals surface area contributed by atoms with Crippen LogP contribution in [-0.2, 0) is 60.9 Å². The van der Waals surface area contributed by atoms with Gasteiger partial charge < -0.3 is 52.4 Å². The number of carbonyl (C=O) groups excluding carboxylic acids is 9. The van der Waals surface area contributed by atoms with Crippen LogP contribution >= 0.6 is 0 Å². The van der Waals surface area contributed by atoms with E-state index >= 15 is 0 Å². The Labute approximate surface area is 393 Å². The number of benzene rings is 2. The van der Waals surface area contributed by atoms with Crippen LogP contribution in [0.25, 0.3) is 0 Å². The van der Waals surface area contributed by atoms with Gasteiger partial charge in [0.15, 0.2) is 0 Å². The molecule has 6 atom stereocenters. The molecule has 0 saturated heterocycles. The minimum absolute atomic E-state index is 0.0345. The zero-order chi connectivity index (χ0) is 50.4. The lowest BCUT2D eigenvalue weighted by Crippen LogP contribution is -2.62. The quantitative estimate of drug-likeness (QED) is 0.0554. The van der Waals surface area contributed by atoms with E-state index in [1.807, 2.05) is 39.8 Å². The number of hydrogen-bond acceptors (Lipinski definition) is 11. The van der Waals surface area contributed by atoms with Gasteiger partial charge in [-0.1, -0.05) is 109 Å². The molecule has 67 heavy (non-hydrogen) atoms. The summed E-state index contributed by atoms with van der Waals surface area (Å²) in [6, 6.07) is 8.10. The minimum atomic E-state index is -1.52. The van der Waals surface area contributed by atoms with Crippen LogP contribution in [0.3, 0.4) is 0 Å². The number of nitrogens with one attached hydrogen (secondary N) is 6. The summed E-state index contributed by atoms with van der Waals surface area (Å²) in [5, 5.41) is 25.8. The highest BCUT2D eigenvalue weighted by atomic mass is 16.5. The van der Waals surface area contributed by atoms with Crippen LogP contribution in [0.1, 0.15) is 96.8 Å². The zero-order valence-electron chi connectivity index (χ0n) is 40.4. The Bertz CT molecular complexity index is 2000. The van der Waals surface area contributed by atoms with Crippen molar-refractivity contribution in [1.29, 1.82) is 0 Å². The van der Waals surface area contributed by atoms with E-state index in [1.54, 1.807) is 63.2 Å². The van der Waals surface area contributed by atoms with Crippen molar-refractivity contribution in [1.82, 2.24) is 36.8 Å². The normalized spacial score (nSPS) is 14.0. The number of aliphatic hydroxyl groups excluding tert-OH is 1. The predicted molar refractivity (Wildman–Crippen MR) is 250 cm³/mol. The summed E-state index contributed by atoms with van der Waals surface area (Å²) in [6.07, 6.45) is 0.998. The summed E-state index contributed by atoms with van der Waals surface area (Å²) in [5.41, 5.74) is 6.51. The average Bonchev–Trinajstić information content (AvgIpc) is 3.26. The number of aliphatic hydroxyl groups is 1. The maximum absolute atomic E-state index is 14.5. The fourth-order valence-electron chi connectivity index (χ4n) is 6.77. The van der Waals surface area contributed by atoms with Gasteiger partial charge in [-0.15, -0.1) is 0 Å². The van der Waals surface area contributed by atoms with Gasteiger partial charge in [-0.05, 0) is 47.8 Å². The molecule has 0 saturated carbocycles. The molecule has 0 radical (unpaired) electrons. The third-order valence-corrected chi connectivity index (χ3v) is 10.7. The standard InChI is InChI=1S/C48H72N8O11/c1-10-11-21-33(40(60)42(49)61)51-43(62)34(24-29(2)3)53-47(66)41(48(5,6)7)55-44(63)35(25-32-20-16-15-17-30(32)4)52-46(65)37(28-67-27-31-18-13-12-14-19-31)54-45(64)36(26-57)50-38(58)22-23-39(59)56(8)9/h12-20,29,33-37,41,57H,10-11,21-28H2,1-9H3,(H2,49,61)(H,50,58)(H,51,62)(H,52,65)(H,53,66)(H,54,64)(H,55,63)/t33-,34-,35-,36-,37+,41+/m0/s1. The zero-order valence-corrected chi connectivity index (χ0v) is 40.4. The molecule has 0 spiro atoms. The molecule has 0 aliphatic rings. The summed E-state index contributed by atoms with van der Waals surface area (Å²) in [6.45, 7) is 11.2. The first kappa shape index (κ1) is 56.9. The number of rotatable bonds is 28. The average molecular weight is 937 g/mol. The number of ether oxygens (including phenoxy) is 1. The highest BCUT2D eigenvalue weighted by Crippen LogP contribution is 2.21. The topological polar surface area (TPSA) is 285 Å². The number of ketones is 1. The highest BCUT2D eigenvalue weighted by molar-refractivity contribution is 6.37. The smallest absolute Gasteiger partial charge is 0.287 e. The molecule has 2 aromatic carbocycles. The van der Waals surface area contributed by atoms with Crippen LogP contribution in [0.15, 0.2) is 54.6 Å². The largest absolute Gasteiger partial charge is 0.394 e. The first-order valence-corrected chi connectivity index (χ1v) is 22.6. The van der Waals surface area contributed by atoms with Crippen molar-refractivity contribution >= 4 is 53.0 Å². The summed E-state index contributed by atoms with van der Waals surface area (Å²) in [4.78, 5) is 121. The molecule has 0 fully saturated rings. The van der Waals surface area contributed by atoms with E-state index in [4.69, 9.17) is 10.5 Å². The summed E-state index contributed by atoms with van der Waals surface area (Å²) >= 11 is 0. The van der Waals surface area contributed by atoms with E-state index < -0.39 is 102 Å². The van der Waals surface area contributed by atoms with Gasteiger partial charge in [-0.25, -0.2) is 0 Å². The van der Waals surface area contributed by atoms with E-state index in [0.29, 0.717) is 18.4 Å². The van der Waals surface area contributed by atoms with E-state index in [9.17, 15) is 48.3 Å². The lowest BCUT2D eigenvalue weighted by atomic mass is 9.85. The second-order valence-corrected chi connectivity index (χ2v) is 18.3. The molecule has 0 aliphatic heterocycles. The second kappa shape index (κ2) is 28.1. The Morgan fingerprint density at radius 2 is 1.25 bits per heavy atom. The Hall–Kier alpha value is -6.21. The fraction of sp³-hybridized carbons (Fsp3) is 0.562. The van der Waals surface area contributed by atoms with Crippen LogP contribution < -0.4 is 37.6 Å². The van der Waals surface area contributed by atoms with E-state index in [0.717, 1.165) is 11.1 Å². The SMILES string of the molecule is CCCC[C@H](NC(=O)[C@H](CC(C)C)NC(=O)[C@@H](NC(=O)[C@H](Cc1ccccc1C)NC(=O)[C@@H](COCc1ccccc1)NC(=O)[C@H](CO)NC(=O)CCC(=O)N(C)C)C(C)(C)C)C(=O)C(N)=O. The number of unbranched alkanes of at least 4 members (excludes halogenated alkanes) is 1. The van der Waals surface area contributed by atoms with E-state index in [-0.39, 0.29) is 50.5 Å². The number of Topliss-reactive ketones (excluding diaryl/α,β-unsaturated/α-hetero) is 1. The molecule has 2 rings (SSSR count). The number of amides is 8. The summed E-state index contributed by atoms with van der Waals surface area (Å²) < 4.78 is 5.86. The number of hydrogen-bond donors (Lipinski definition) is 8. The van der Waals surface area contributed by atoms with Gasteiger partial charge in [0.2, 0.25) is 47.1 Å². The van der Waals surface area contributed by atoms with Gasteiger partial charge in [-0.2, -0.15) is 0 Å². The van der Waals surface area contributed by atoms with Gasteiger partial charge in [0, 0.05) is 33.4 Å². The lowest BCUT2D eigenvalue weighted by Gasteiger charge is -2.34. The third kappa shape index (κ3) is 20.1. The molecule has 8 amide bonds. The maximum Gasteiger partial charge on any atom is 0.287 e. The lowest BCUT2D eigenvalue weighted by molar-refractivity contribution is -0.139. The molecule has 0 unspecified atom stereocenters. The van der Waals surface area contributed by atoms with Gasteiger partial charge in [0.05, 0.1) is 25.9 Å². The molecular weight excluding hydrogens is 865 g/mol. The van der Waals surface area contributed by atoms with Gasteiger partial charge in [0.1, 0.15) is 30.2 Å². The monoisotopic (exact) mass is 937 g/mol. The third-order valence-electron chi connectivity index (χ3n) is 10.7. The minimum Gasteiger partial charge on any atom is -0.394 e. The molecule has 0 bridgehead atoms. The van der Waals surface area contributed by atoms with Crippen molar-refractivity contribution in [2.75, 3.05) is 27.3 Å². The fourth-order valence-corrected chi connectivity index (χ4v) is 6.77. The number of carbonyl (C=O) groups is 9. The highest BCUT2D eigenvalue weighted by Gasteiger charge is 2.38. The molecule has 0 aromatic heterocycles. The van der Waals surface area contributed by atoms with Crippen LogP contribution in [0.2, 0.25) is 0 Å².